The van der Waals surface area contributed by atoms with E-state index in [0.29, 0.717) is 12.2 Å². The molecule has 0 aliphatic carbocycles. The summed E-state index contributed by atoms with van der Waals surface area (Å²) in [6.45, 7) is 5.24. The molecule has 0 saturated carbocycles. The second kappa shape index (κ2) is 7.41. The summed E-state index contributed by atoms with van der Waals surface area (Å²) in [6, 6.07) is 9.36. The van der Waals surface area contributed by atoms with Gasteiger partial charge in [0, 0.05) is 31.8 Å². The highest BCUT2D eigenvalue weighted by Gasteiger charge is 2.34. The third-order valence-corrected chi connectivity index (χ3v) is 7.60. The average Bonchev–Trinajstić information content (AvgIpc) is 2.98. The van der Waals surface area contributed by atoms with Crippen molar-refractivity contribution in [2.24, 2.45) is 7.05 Å². The monoisotopic (exact) mass is 427 g/mol. The van der Waals surface area contributed by atoms with Crippen LogP contribution in [0.15, 0.2) is 41.4 Å². The van der Waals surface area contributed by atoms with Crippen molar-refractivity contribution < 1.29 is 13.4 Å². The number of sulfonamides is 1. The van der Waals surface area contributed by atoms with Gasteiger partial charge in [0.25, 0.3) is 0 Å². The lowest BCUT2D eigenvalue weighted by atomic mass is 9.98. The maximum absolute atomic E-state index is 13.2. The maximum atomic E-state index is 13.2. The highest BCUT2D eigenvalue weighted by atomic mass is 32.3. The van der Waals surface area contributed by atoms with E-state index in [0.717, 1.165) is 35.9 Å². The number of aromatic nitrogens is 3. The quantitative estimate of drug-likeness (QED) is 0.377. The van der Waals surface area contributed by atoms with Crippen molar-refractivity contribution in [1.82, 2.24) is 10.1 Å². The molecule has 0 bridgehead atoms. The van der Waals surface area contributed by atoms with Gasteiger partial charge in [0.2, 0.25) is 5.69 Å². The molecule has 8 nitrogen and oxygen atoms in total. The van der Waals surface area contributed by atoms with Crippen molar-refractivity contribution in [1.29, 1.82) is 0 Å². The zero-order chi connectivity index (χ0) is 21.6. The molecule has 2 aromatic heterocycles. The summed E-state index contributed by atoms with van der Waals surface area (Å²) in [5, 5.41) is 3.12. The predicted octanol–water partition coefficient (Wildman–Crippen LogP) is 2.04. The van der Waals surface area contributed by atoms with Crippen molar-refractivity contribution in [2.75, 3.05) is 28.5 Å². The number of nitrogens with one attached hydrogen (secondary N) is 1. The molecule has 1 aromatic carbocycles. The minimum absolute atomic E-state index is 0.165. The van der Waals surface area contributed by atoms with E-state index >= 15 is 0 Å². The van der Waals surface area contributed by atoms with Crippen LogP contribution < -0.4 is 19.6 Å². The Morgan fingerprint density at radius 3 is 2.70 bits per heavy atom. The summed E-state index contributed by atoms with van der Waals surface area (Å²) in [6.07, 6.45) is 2.28. The highest BCUT2D eigenvalue weighted by Crippen LogP contribution is 2.31. The van der Waals surface area contributed by atoms with Gasteiger partial charge in [-0.25, -0.2) is 4.98 Å². The van der Waals surface area contributed by atoms with E-state index in [1.165, 1.54) is 21.6 Å². The van der Waals surface area contributed by atoms with Crippen LogP contribution in [0.5, 0.6) is 0 Å². The summed E-state index contributed by atoms with van der Waals surface area (Å²) >= 11 is 0. The fourth-order valence-electron chi connectivity index (χ4n) is 4.11. The summed E-state index contributed by atoms with van der Waals surface area (Å²) in [4.78, 5) is 6.77. The highest BCUT2D eigenvalue weighted by molar-refractivity contribution is 7.99. The van der Waals surface area contributed by atoms with Crippen LogP contribution >= 0.6 is 0 Å². The van der Waals surface area contributed by atoms with Crippen molar-refractivity contribution in [3.05, 3.63) is 59.0 Å². The van der Waals surface area contributed by atoms with Crippen LogP contribution in [-0.4, -0.2) is 28.2 Å². The molecule has 158 valence electrons. The smallest absolute Gasteiger partial charge is 0.232 e. The molecule has 1 aliphatic rings. The SMILES string of the molecule is Cc1[nH][n+](C)c(C)c1N(C)[S+](=O)([O-])c1ccc(N2CCc3c(N)cccc3C2)nc1. The van der Waals surface area contributed by atoms with Crippen molar-refractivity contribution >= 4 is 27.6 Å². The number of nitrogens with two attached hydrogens (primary N) is 1. The van der Waals surface area contributed by atoms with Gasteiger partial charge in [-0.05, 0) is 36.6 Å². The Morgan fingerprint density at radius 1 is 1.30 bits per heavy atom. The fourth-order valence-corrected chi connectivity index (χ4v) is 5.36. The average molecular weight is 428 g/mol. The lowest BCUT2D eigenvalue weighted by Gasteiger charge is -2.30. The molecular weight excluding hydrogens is 400 g/mol. The van der Waals surface area contributed by atoms with Crippen LogP contribution in [0, 0.1) is 13.8 Å². The maximum Gasteiger partial charge on any atom is 0.232 e. The summed E-state index contributed by atoms with van der Waals surface area (Å²) in [5.41, 5.74) is 11.6. The molecule has 9 heteroatoms. The molecule has 0 radical (unpaired) electrons. The van der Waals surface area contributed by atoms with Crippen molar-refractivity contribution in [3.63, 3.8) is 0 Å². The first-order chi connectivity index (χ1) is 14.2. The van der Waals surface area contributed by atoms with Crippen LogP contribution in [0.4, 0.5) is 17.2 Å². The second-order valence-electron chi connectivity index (χ2n) is 7.71. The first-order valence-corrected chi connectivity index (χ1v) is 11.3. The minimum Gasteiger partial charge on any atom is -0.588 e. The van der Waals surface area contributed by atoms with Crippen LogP contribution in [0.1, 0.15) is 22.5 Å². The third-order valence-electron chi connectivity index (χ3n) is 5.86. The van der Waals surface area contributed by atoms with Gasteiger partial charge in [0.1, 0.15) is 11.5 Å². The number of rotatable bonds is 4. The number of nitrogens with zero attached hydrogens (tertiary/aromatic N) is 4. The van der Waals surface area contributed by atoms with Crippen LogP contribution in [0.25, 0.3) is 0 Å². The third kappa shape index (κ3) is 3.33. The predicted molar refractivity (Wildman–Crippen MR) is 117 cm³/mol. The van der Waals surface area contributed by atoms with Gasteiger partial charge in [-0.3, -0.25) is 0 Å². The molecular formula is C21H27N6O2S+. The number of hydrogen-bond acceptors (Lipinski definition) is 5. The van der Waals surface area contributed by atoms with Gasteiger partial charge >= 0.3 is 0 Å². The molecule has 3 N–H and O–H groups in total. The summed E-state index contributed by atoms with van der Waals surface area (Å²) < 4.78 is 29.5. The largest absolute Gasteiger partial charge is 0.588 e. The minimum atomic E-state index is -3.72. The molecule has 0 fully saturated rings. The number of benzene rings is 1. The number of nitrogen functional groups attached to an aromatic ring is 1. The topological polar surface area (TPSA) is 105 Å². The summed E-state index contributed by atoms with van der Waals surface area (Å²) in [7, 11) is -0.301. The van der Waals surface area contributed by atoms with Crippen LogP contribution in [-0.2, 0) is 34.6 Å². The van der Waals surface area contributed by atoms with E-state index in [1.54, 1.807) is 23.9 Å². The first kappa shape index (κ1) is 20.4. The molecule has 0 saturated heterocycles. The van der Waals surface area contributed by atoms with Crippen LogP contribution in [0.3, 0.4) is 0 Å². The Labute approximate surface area is 177 Å². The number of aromatic amines is 1. The lowest BCUT2D eigenvalue weighted by Crippen LogP contribution is -2.36. The van der Waals surface area contributed by atoms with Gasteiger partial charge in [-0.1, -0.05) is 16.3 Å². The molecule has 1 atom stereocenters. The Morgan fingerprint density at radius 2 is 2.07 bits per heavy atom. The van der Waals surface area contributed by atoms with E-state index in [2.05, 4.69) is 21.0 Å². The normalized spacial score (nSPS) is 15.6. The molecule has 0 spiro atoms. The van der Waals surface area contributed by atoms with E-state index in [9.17, 15) is 8.76 Å². The molecule has 0 amide bonds. The molecule has 3 heterocycles. The zero-order valence-electron chi connectivity index (χ0n) is 17.7. The first-order valence-electron chi connectivity index (χ1n) is 9.81. The Bertz CT molecular complexity index is 1140. The van der Waals surface area contributed by atoms with Crippen molar-refractivity contribution in [3.8, 4) is 0 Å². The number of pyridine rings is 1. The fraction of sp³-hybridized carbons (Fsp3) is 0.333. The van der Waals surface area contributed by atoms with E-state index in [-0.39, 0.29) is 4.90 Å². The standard InChI is InChI=1S/C21H26N6O2S/c1-14-21(15(2)25(3)24-14)26(4)30(28,29)17-8-9-20(23-12-17)27-11-10-18-16(13-27)6-5-7-19(18)22/h5-9,12H,10-11,13,22H2,1-4H3/p+1. The van der Waals surface area contributed by atoms with E-state index in [4.69, 9.17) is 5.73 Å². The Hall–Kier alpha value is -2.91. The molecule has 3 aromatic rings. The Balaban J connectivity index is 1.58. The van der Waals surface area contributed by atoms with Gasteiger partial charge < -0.3 is 15.2 Å². The number of H-pyrrole nitrogens is 1. The number of aryl methyl sites for hydroxylation is 2. The molecule has 4 rings (SSSR count). The lowest BCUT2D eigenvalue weighted by molar-refractivity contribution is -0.732. The van der Waals surface area contributed by atoms with Gasteiger partial charge in [-0.15, -0.1) is 4.68 Å². The van der Waals surface area contributed by atoms with Gasteiger partial charge in [0.05, 0.1) is 13.2 Å². The Kier molecular flexibility index (Phi) is 5.03. The molecule has 1 aliphatic heterocycles. The number of hydrogen-bond donors (Lipinski definition) is 2. The van der Waals surface area contributed by atoms with E-state index < -0.39 is 10.4 Å². The number of fused-ring (bicyclic) bond motifs is 1. The second-order valence-corrected chi connectivity index (χ2v) is 9.68. The van der Waals surface area contributed by atoms with Crippen LogP contribution in [0.2, 0.25) is 0 Å². The van der Waals surface area contributed by atoms with Gasteiger partial charge in [0.15, 0.2) is 28.0 Å². The molecule has 1 unspecified atom stereocenters. The summed E-state index contributed by atoms with van der Waals surface area (Å²) in [5.74, 6) is 0.755. The van der Waals surface area contributed by atoms with Crippen molar-refractivity contribution in [2.45, 2.75) is 31.7 Å². The number of anilines is 3. The van der Waals surface area contributed by atoms with Gasteiger partial charge in [-0.2, -0.15) is 9.40 Å². The zero-order valence-corrected chi connectivity index (χ0v) is 18.5. The van der Waals surface area contributed by atoms with E-state index in [1.807, 2.05) is 33.0 Å². The molecule has 30 heavy (non-hydrogen) atoms.